The lowest BCUT2D eigenvalue weighted by Gasteiger charge is -2.29. The highest BCUT2D eigenvalue weighted by Crippen LogP contribution is 2.16. The first-order valence-electron chi connectivity index (χ1n) is 6.64. The maximum atomic E-state index is 10.6. The van der Waals surface area contributed by atoms with Gasteiger partial charge in [-0.15, -0.1) is 0 Å². The average Bonchev–Trinajstić information content (AvgIpc) is 2.36. The van der Waals surface area contributed by atoms with Crippen molar-refractivity contribution in [3.8, 4) is 0 Å². The van der Waals surface area contributed by atoms with Crippen molar-refractivity contribution in [2.24, 2.45) is 5.41 Å². The van der Waals surface area contributed by atoms with Gasteiger partial charge in [0.2, 0.25) is 0 Å². The van der Waals surface area contributed by atoms with Gasteiger partial charge in [0, 0.05) is 30.9 Å². The highest BCUT2D eigenvalue weighted by atomic mass is 32.1. The van der Waals surface area contributed by atoms with Crippen LogP contribution in [0.25, 0.3) is 0 Å². The fraction of sp³-hybridized carbons (Fsp3) is 0.500. The second kappa shape index (κ2) is 7.33. The van der Waals surface area contributed by atoms with Gasteiger partial charge in [0.1, 0.15) is 0 Å². The standard InChI is InChI=1S/C14H22N4O2S/c1-14(2,10-17(3)4)9-15-13(21)16-11-5-7-12(8-6-11)18(19)20/h5-8H,9-10H2,1-4H3,(H2,15,16,21). The number of thiocarbonyl (C=S) groups is 1. The summed E-state index contributed by atoms with van der Waals surface area (Å²) >= 11 is 5.23. The molecule has 2 N–H and O–H groups in total. The Morgan fingerprint density at radius 1 is 1.33 bits per heavy atom. The smallest absolute Gasteiger partial charge is 0.269 e. The minimum absolute atomic E-state index is 0.0616. The first-order chi connectivity index (χ1) is 9.69. The zero-order valence-electron chi connectivity index (χ0n) is 12.8. The van der Waals surface area contributed by atoms with Crippen molar-refractivity contribution in [3.63, 3.8) is 0 Å². The molecule has 0 aliphatic rings. The van der Waals surface area contributed by atoms with Crippen LogP contribution in [0.1, 0.15) is 13.8 Å². The van der Waals surface area contributed by atoms with E-state index in [9.17, 15) is 10.1 Å². The normalized spacial score (nSPS) is 11.3. The summed E-state index contributed by atoms with van der Waals surface area (Å²) in [6.07, 6.45) is 0. The monoisotopic (exact) mass is 310 g/mol. The molecule has 0 aliphatic carbocycles. The van der Waals surface area contributed by atoms with Gasteiger partial charge >= 0.3 is 0 Å². The number of non-ortho nitro benzene ring substituents is 1. The Kier molecular flexibility index (Phi) is 6.04. The van der Waals surface area contributed by atoms with E-state index in [1.807, 2.05) is 14.1 Å². The molecule has 0 unspecified atom stereocenters. The molecular weight excluding hydrogens is 288 g/mol. The Balaban J connectivity index is 2.48. The molecule has 1 aromatic carbocycles. The van der Waals surface area contributed by atoms with Crippen LogP contribution in [0.2, 0.25) is 0 Å². The molecule has 0 bridgehead atoms. The number of benzene rings is 1. The van der Waals surface area contributed by atoms with Crippen LogP contribution in [0.15, 0.2) is 24.3 Å². The Hall–Kier alpha value is -1.73. The Bertz CT molecular complexity index is 500. The third-order valence-corrected chi connectivity index (χ3v) is 3.05. The van der Waals surface area contributed by atoms with Gasteiger partial charge in [-0.25, -0.2) is 0 Å². The first kappa shape index (κ1) is 17.3. The van der Waals surface area contributed by atoms with Crippen molar-refractivity contribution < 1.29 is 4.92 Å². The molecule has 6 nitrogen and oxygen atoms in total. The van der Waals surface area contributed by atoms with Crippen molar-refractivity contribution in [1.82, 2.24) is 10.2 Å². The van der Waals surface area contributed by atoms with Crippen LogP contribution in [0.4, 0.5) is 11.4 Å². The van der Waals surface area contributed by atoms with Gasteiger partial charge in [-0.1, -0.05) is 13.8 Å². The molecular formula is C14H22N4O2S. The number of nitro benzene ring substituents is 1. The zero-order chi connectivity index (χ0) is 16.0. The van der Waals surface area contributed by atoms with Crippen molar-refractivity contribution in [1.29, 1.82) is 0 Å². The Labute approximate surface area is 130 Å². The van der Waals surface area contributed by atoms with Crippen LogP contribution in [0, 0.1) is 15.5 Å². The van der Waals surface area contributed by atoms with Gasteiger partial charge in [-0.05, 0) is 43.9 Å². The van der Waals surface area contributed by atoms with E-state index >= 15 is 0 Å². The van der Waals surface area contributed by atoms with E-state index in [4.69, 9.17) is 12.2 Å². The summed E-state index contributed by atoms with van der Waals surface area (Å²) in [5.74, 6) is 0. The lowest BCUT2D eigenvalue weighted by atomic mass is 9.93. The third kappa shape index (κ3) is 6.50. The number of nitrogens with one attached hydrogen (secondary N) is 2. The van der Waals surface area contributed by atoms with Crippen LogP contribution in [-0.4, -0.2) is 42.1 Å². The summed E-state index contributed by atoms with van der Waals surface area (Å²) in [7, 11) is 4.07. The van der Waals surface area contributed by atoms with Crippen molar-refractivity contribution in [2.45, 2.75) is 13.8 Å². The number of nitrogens with zero attached hydrogens (tertiary/aromatic N) is 2. The van der Waals surface area contributed by atoms with Crippen LogP contribution in [-0.2, 0) is 0 Å². The number of hydrogen-bond donors (Lipinski definition) is 2. The highest BCUT2D eigenvalue weighted by Gasteiger charge is 2.19. The first-order valence-corrected chi connectivity index (χ1v) is 7.04. The minimum atomic E-state index is -0.426. The maximum Gasteiger partial charge on any atom is 0.269 e. The Morgan fingerprint density at radius 3 is 2.38 bits per heavy atom. The molecule has 0 aromatic heterocycles. The van der Waals surface area contributed by atoms with Crippen LogP contribution < -0.4 is 10.6 Å². The fourth-order valence-corrected chi connectivity index (χ4v) is 2.26. The molecule has 1 rings (SSSR count). The van der Waals surface area contributed by atoms with Gasteiger partial charge < -0.3 is 15.5 Å². The van der Waals surface area contributed by atoms with E-state index < -0.39 is 4.92 Å². The van der Waals surface area contributed by atoms with Gasteiger partial charge in [0.25, 0.3) is 5.69 Å². The van der Waals surface area contributed by atoms with E-state index in [-0.39, 0.29) is 11.1 Å². The zero-order valence-corrected chi connectivity index (χ0v) is 13.7. The van der Waals surface area contributed by atoms with E-state index in [0.29, 0.717) is 5.11 Å². The molecule has 0 fully saturated rings. The molecule has 21 heavy (non-hydrogen) atoms. The summed E-state index contributed by atoms with van der Waals surface area (Å²) in [6, 6.07) is 6.16. The summed E-state index contributed by atoms with van der Waals surface area (Å²) in [5.41, 5.74) is 0.875. The summed E-state index contributed by atoms with van der Waals surface area (Å²) < 4.78 is 0. The SMILES string of the molecule is CN(C)CC(C)(C)CNC(=S)Nc1ccc([N+](=O)[O-])cc1. The van der Waals surface area contributed by atoms with Gasteiger partial charge in [-0.2, -0.15) is 0 Å². The summed E-state index contributed by atoms with van der Waals surface area (Å²) in [5, 5.41) is 17.3. The molecule has 7 heteroatoms. The maximum absolute atomic E-state index is 10.6. The van der Waals surface area contributed by atoms with Gasteiger partial charge in [0.05, 0.1) is 4.92 Å². The number of nitro groups is 1. The van der Waals surface area contributed by atoms with Crippen LogP contribution in [0.5, 0.6) is 0 Å². The highest BCUT2D eigenvalue weighted by molar-refractivity contribution is 7.80. The van der Waals surface area contributed by atoms with Crippen molar-refractivity contribution in [2.75, 3.05) is 32.5 Å². The van der Waals surface area contributed by atoms with E-state index in [0.717, 1.165) is 18.8 Å². The quantitative estimate of drug-likeness (QED) is 0.478. The van der Waals surface area contributed by atoms with Crippen molar-refractivity contribution in [3.05, 3.63) is 34.4 Å². The Morgan fingerprint density at radius 2 is 1.90 bits per heavy atom. The summed E-state index contributed by atoms with van der Waals surface area (Å²) in [4.78, 5) is 12.3. The van der Waals surface area contributed by atoms with Crippen molar-refractivity contribution >= 4 is 28.7 Å². The minimum Gasteiger partial charge on any atom is -0.362 e. The predicted octanol–water partition coefficient (Wildman–Crippen LogP) is 2.47. The fourth-order valence-electron chi connectivity index (χ4n) is 2.07. The molecule has 116 valence electrons. The van der Waals surface area contributed by atoms with E-state index in [1.54, 1.807) is 12.1 Å². The predicted molar refractivity (Wildman–Crippen MR) is 89.7 cm³/mol. The molecule has 0 saturated heterocycles. The van der Waals surface area contributed by atoms with E-state index in [2.05, 4.69) is 29.4 Å². The second-order valence-corrected chi connectivity index (χ2v) is 6.42. The lowest BCUT2D eigenvalue weighted by Crippen LogP contribution is -2.41. The van der Waals surface area contributed by atoms with Gasteiger partial charge in [-0.3, -0.25) is 10.1 Å². The van der Waals surface area contributed by atoms with Gasteiger partial charge in [0.15, 0.2) is 5.11 Å². The molecule has 0 amide bonds. The number of hydrogen-bond acceptors (Lipinski definition) is 4. The number of rotatable bonds is 6. The third-order valence-electron chi connectivity index (χ3n) is 2.81. The molecule has 0 saturated carbocycles. The molecule has 1 aromatic rings. The molecule has 0 spiro atoms. The average molecular weight is 310 g/mol. The number of anilines is 1. The molecule has 0 aliphatic heterocycles. The molecule has 0 heterocycles. The van der Waals surface area contributed by atoms with E-state index in [1.165, 1.54) is 12.1 Å². The summed E-state index contributed by atoms with van der Waals surface area (Å²) in [6.45, 7) is 6.01. The van der Waals surface area contributed by atoms with Crippen LogP contribution >= 0.6 is 12.2 Å². The van der Waals surface area contributed by atoms with Crippen LogP contribution in [0.3, 0.4) is 0 Å². The largest absolute Gasteiger partial charge is 0.362 e. The topological polar surface area (TPSA) is 70.4 Å². The molecule has 0 atom stereocenters. The second-order valence-electron chi connectivity index (χ2n) is 6.01. The molecule has 0 radical (unpaired) electrons. The lowest BCUT2D eigenvalue weighted by molar-refractivity contribution is -0.384.